The van der Waals surface area contributed by atoms with Gasteiger partial charge in [-0.2, -0.15) is 0 Å². The van der Waals surface area contributed by atoms with E-state index < -0.39 is 30.0 Å². The predicted molar refractivity (Wildman–Crippen MR) is 110 cm³/mol. The largest absolute Gasteiger partial charge is 0.463 e. The molecule has 1 aliphatic rings. The normalized spacial score (nSPS) is 16.8. The number of aromatic amines is 1. The fourth-order valence-corrected chi connectivity index (χ4v) is 3.49. The number of nitrogens with one attached hydrogen (secondary N) is 2. The molecule has 1 aliphatic heterocycles. The molecular formula is C22H19ClN2O5. The van der Waals surface area contributed by atoms with Crippen LogP contribution in [0.1, 0.15) is 22.3 Å². The van der Waals surface area contributed by atoms with Crippen molar-refractivity contribution in [3.05, 3.63) is 70.9 Å². The number of hydrogen-bond acceptors (Lipinski definition) is 5. The van der Waals surface area contributed by atoms with Gasteiger partial charge in [0.15, 0.2) is 0 Å². The standard InChI is InChI=1S/C22H19ClN2O5/c23-15-7-5-13(6-8-15)20(26)25-18(21(27)30-19-9-10-29-22(19)28)11-14-12-24-17-4-2-1-3-16(14)17/h1-8,12,18-19,24H,9-11H2,(H,25,26)/t18-,19+/m0/s1. The van der Waals surface area contributed by atoms with E-state index in [4.69, 9.17) is 21.1 Å². The summed E-state index contributed by atoms with van der Waals surface area (Å²) in [6.45, 7) is 0.209. The Morgan fingerprint density at radius 2 is 1.97 bits per heavy atom. The molecule has 0 bridgehead atoms. The molecule has 2 N–H and O–H groups in total. The van der Waals surface area contributed by atoms with E-state index in [2.05, 4.69) is 10.3 Å². The van der Waals surface area contributed by atoms with Crippen LogP contribution in [0.3, 0.4) is 0 Å². The highest BCUT2D eigenvalue weighted by Gasteiger charge is 2.33. The Balaban J connectivity index is 1.56. The van der Waals surface area contributed by atoms with E-state index in [9.17, 15) is 14.4 Å². The van der Waals surface area contributed by atoms with Gasteiger partial charge in [0.2, 0.25) is 6.10 Å². The monoisotopic (exact) mass is 426 g/mol. The zero-order valence-corrected chi connectivity index (χ0v) is 16.6. The minimum atomic E-state index is -0.985. The summed E-state index contributed by atoms with van der Waals surface area (Å²) >= 11 is 5.88. The third-order valence-electron chi connectivity index (χ3n) is 4.94. The van der Waals surface area contributed by atoms with E-state index in [1.807, 2.05) is 24.3 Å². The number of rotatable bonds is 6. The van der Waals surface area contributed by atoms with Crippen molar-refractivity contribution in [3.8, 4) is 0 Å². The van der Waals surface area contributed by atoms with Crippen molar-refractivity contribution >= 4 is 40.3 Å². The van der Waals surface area contributed by atoms with Crippen LogP contribution in [-0.4, -0.2) is 41.6 Å². The van der Waals surface area contributed by atoms with Gasteiger partial charge in [0.25, 0.3) is 5.91 Å². The molecule has 154 valence electrons. The maximum absolute atomic E-state index is 12.9. The van der Waals surface area contributed by atoms with E-state index >= 15 is 0 Å². The molecule has 2 aromatic carbocycles. The van der Waals surface area contributed by atoms with Crippen LogP contribution in [0.15, 0.2) is 54.7 Å². The van der Waals surface area contributed by atoms with Crippen molar-refractivity contribution in [2.75, 3.05) is 6.61 Å². The molecule has 0 saturated carbocycles. The average Bonchev–Trinajstić information content (AvgIpc) is 3.34. The summed E-state index contributed by atoms with van der Waals surface area (Å²) in [6.07, 6.45) is 1.35. The predicted octanol–water partition coefficient (Wildman–Crippen LogP) is 3.02. The zero-order chi connectivity index (χ0) is 21.1. The lowest BCUT2D eigenvalue weighted by molar-refractivity contribution is -0.161. The van der Waals surface area contributed by atoms with Gasteiger partial charge < -0.3 is 19.8 Å². The van der Waals surface area contributed by atoms with Gasteiger partial charge >= 0.3 is 11.9 Å². The Morgan fingerprint density at radius 1 is 1.20 bits per heavy atom. The summed E-state index contributed by atoms with van der Waals surface area (Å²) in [5.41, 5.74) is 2.12. The molecule has 1 amide bonds. The number of benzene rings is 2. The summed E-state index contributed by atoms with van der Waals surface area (Å²) < 4.78 is 10.2. The quantitative estimate of drug-likeness (QED) is 0.590. The zero-order valence-electron chi connectivity index (χ0n) is 15.9. The maximum atomic E-state index is 12.9. The lowest BCUT2D eigenvalue weighted by Crippen LogP contribution is -2.45. The lowest BCUT2D eigenvalue weighted by Gasteiger charge is -2.19. The van der Waals surface area contributed by atoms with Crippen LogP contribution < -0.4 is 5.32 Å². The number of cyclic esters (lactones) is 1. The van der Waals surface area contributed by atoms with Gasteiger partial charge in [-0.05, 0) is 35.9 Å². The first kappa shape index (κ1) is 20.0. The number of esters is 2. The van der Waals surface area contributed by atoms with Crippen molar-refractivity contribution in [1.82, 2.24) is 10.3 Å². The second-order valence-electron chi connectivity index (χ2n) is 6.98. The van der Waals surface area contributed by atoms with Crippen LogP contribution in [0.4, 0.5) is 0 Å². The third-order valence-corrected chi connectivity index (χ3v) is 5.19. The van der Waals surface area contributed by atoms with E-state index in [0.29, 0.717) is 17.0 Å². The molecule has 0 radical (unpaired) electrons. The molecule has 0 unspecified atom stereocenters. The number of carbonyl (C=O) groups is 3. The fraction of sp³-hybridized carbons (Fsp3) is 0.227. The summed E-state index contributed by atoms with van der Waals surface area (Å²) in [6, 6.07) is 13.0. The number of hydrogen-bond donors (Lipinski definition) is 2. The molecule has 0 aliphatic carbocycles. The second-order valence-corrected chi connectivity index (χ2v) is 7.41. The Labute approximate surface area is 177 Å². The van der Waals surface area contributed by atoms with Gasteiger partial charge in [0, 0.05) is 40.5 Å². The third kappa shape index (κ3) is 4.31. The Hall–Kier alpha value is -3.32. The van der Waals surface area contributed by atoms with Crippen LogP contribution in [0.2, 0.25) is 5.02 Å². The highest BCUT2D eigenvalue weighted by molar-refractivity contribution is 6.30. The van der Waals surface area contributed by atoms with Crippen LogP contribution in [-0.2, 0) is 25.5 Å². The van der Waals surface area contributed by atoms with Gasteiger partial charge in [-0.25, -0.2) is 9.59 Å². The van der Waals surface area contributed by atoms with Gasteiger partial charge in [-0.15, -0.1) is 0 Å². The number of carbonyl (C=O) groups excluding carboxylic acids is 3. The smallest absolute Gasteiger partial charge is 0.347 e. The molecule has 4 rings (SSSR count). The number of para-hydroxylation sites is 1. The van der Waals surface area contributed by atoms with Crippen molar-refractivity contribution < 1.29 is 23.9 Å². The van der Waals surface area contributed by atoms with Gasteiger partial charge in [0.05, 0.1) is 6.61 Å². The summed E-state index contributed by atoms with van der Waals surface area (Å²) in [5, 5.41) is 4.16. The fourth-order valence-electron chi connectivity index (χ4n) is 3.36. The molecule has 2 heterocycles. The summed E-state index contributed by atoms with van der Waals surface area (Å²) in [4.78, 5) is 40.4. The van der Waals surface area contributed by atoms with Crippen LogP contribution in [0.25, 0.3) is 10.9 Å². The molecule has 0 spiro atoms. The van der Waals surface area contributed by atoms with E-state index in [1.165, 1.54) is 0 Å². The van der Waals surface area contributed by atoms with Crippen molar-refractivity contribution in [2.24, 2.45) is 0 Å². The molecule has 7 nitrogen and oxygen atoms in total. The molecule has 1 saturated heterocycles. The number of halogens is 1. The minimum absolute atomic E-state index is 0.198. The van der Waals surface area contributed by atoms with E-state index in [1.54, 1.807) is 30.5 Å². The number of H-pyrrole nitrogens is 1. The molecular weight excluding hydrogens is 408 g/mol. The Bertz CT molecular complexity index is 1090. The topological polar surface area (TPSA) is 97.5 Å². The van der Waals surface area contributed by atoms with Crippen LogP contribution in [0.5, 0.6) is 0 Å². The van der Waals surface area contributed by atoms with Gasteiger partial charge in [0.1, 0.15) is 6.04 Å². The maximum Gasteiger partial charge on any atom is 0.347 e. The number of amides is 1. The Kier molecular flexibility index (Phi) is 5.72. The Morgan fingerprint density at radius 3 is 2.70 bits per heavy atom. The van der Waals surface area contributed by atoms with Crippen molar-refractivity contribution in [2.45, 2.75) is 25.0 Å². The SMILES string of the molecule is O=C(N[C@@H](Cc1c[nH]c2ccccc12)C(=O)O[C@@H]1CCOC1=O)c1ccc(Cl)cc1. The second kappa shape index (κ2) is 8.59. The van der Waals surface area contributed by atoms with Crippen molar-refractivity contribution in [3.63, 3.8) is 0 Å². The number of fused-ring (bicyclic) bond motifs is 1. The lowest BCUT2D eigenvalue weighted by atomic mass is 10.0. The number of aromatic nitrogens is 1. The molecule has 1 fully saturated rings. The highest BCUT2D eigenvalue weighted by Crippen LogP contribution is 2.20. The molecule has 30 heavy (non-hydrogen) atoms. The highest BCUT2D eigenvalue weighted by atomic mass is 35.5. The molecule has 3 aromatic rings. The van der Waals surface area contributed by atoms with Crippen molar-refractivity contribution in [1.29, 1.82) is 0 Å². The first-order chi connectivity index (χ1) is 14.5. The number of ether oxygens (including phenoxy) is 2. The van der Waals surface area contributed by atoms with E-state index in [0.717, 1.165) is 16.5 Å². The summed E-state index contributed by atoms with van der Waals surface area (Å²) in [5.74, 6) is -1.70. The first-order valence-corrected chi connectivity index (χ1v) is 9.87. The molecule has 8 heteroatoms. The molecule has 1 aromatic heterocycles. The van der Waals surface area contributed by atoms with Crippen LogP contribution >= 0.6 is 11.6 Å². The average molecular weight is 427 g/mol. The van der Waals surface area contributed by atoms with E-state index in [-0.39, 0.29) is 13.0 Å². The van der Waals surface area contributed by atoms with Gasteiger partial charge in [-0.3, -0.25) is 4.79 Å². The molecule has 2 atom stereocenters. The first-order valence-electron chi connectivity index (χ1n) is 9.50. The van der Waals surface area contributed by atoms with Crippen LogP contribution in [0, 0.1) is 0 Å². The summed E-state index contributed by atoms with van der Waals surface area (Å²) in [7, 11) is 0. The minimum Gasteiger partial charge on any atom is -0.463 e. The van der Waals surface area contributed by atoms with Gasteiger partial charge in [-0.1, -0.05) is 29.8 Å².